The molecule has 6 nitrogen and oxygen atoms in total. The van der Waals surface area contributed by atoms with Gasteiger partial charge in [-0.1, -0.05) is 53.5 Å². The van der Waals surface area contributed by atoms with Gasteiger partial charge in [-0.05, 0) is 11.6 Å². The van der Waals surface area contributed by atoms with Gasteiger partial charge in [0.15, 0.2) is 5.58 Å². The van der Waals surface area contributed by atoms with Gasteiger partial charge in [0.1, 0.15) is 5.02 Å². The second-order valence-corrected chi connectivity index (χ2v) is 8.37. The first-order chi connectivity index (χ1) is 12.2. The first-order valence-electron chi connectivity index (χ1n) is 7.37. The number of hydrogen-bond acceptors (Lipinski definition) is 4. The quantitative estimate of drug-likeness (QED) is 0.674. The van der Waals surface area contributed by atoms with E-state index in [1.807, 2.05) is 18.2 Å². The lowest BCUT2D eigenvalue weighted by molar-refractivity contribution is 0.0665. The van der Waals surface area contributed by atoms with Gasteiger partial charge in [0.05, 0.1) is 9.92 Å². The van der Waals surface area contributed by atoms with Crippen molar-refractivity contribution in [3.8, 4) is 0 Å². The van der Waals surface area contributed by atoms with E-state index < -0.39 is 21.8 Å². The van der Waals surface area contributed by atoms with Crippen molar-refractivity contribution in [1.82, 2.24) is 4.31 Å². The molecule has 136 valence electrons. The van der Waals surface area contributed by atoms with Gasteiger partial charge in [-0.15, -0.1) is 0 Å². The SMILES string of the molecule is CN(Cc1ccccc1)S(=O)(=O)c1cc(Cl)c(Cl)c2oc(C(=O)O)cc12. The number of hydrogen-bond donors (Lipinski definition) is 1. The summed E-state index contributed by atoms with van der Waals surface area (Å²) in [4.78, 5) is 11.0. The van der Waals surface area contributed by atoms with Gasteiger partial charge < -0.3 is 9.52 Å². The highest BCUT2D eigenvalue weighted by atomic mass is 35.5. The lowest BCUT2D eigenvalue weighted by atomic mass is 10.2. The van der Waals surface area contributed by atoms with Crippen LogP contribution >= 0.6 is 23.2 Å². The summed E-state index contributed by atoms with van der Waals surface area (Å²) in [6.45, 7) is 0.133. The fourth-order valence-corrected chi connectivity index (χ4v) is 4.32. The van der Waals surface area contributed by atoms with Crippen LogP contribution in [0, 0.1) is 0 Å². The van der Waals surface area contributed by atoms with Crippen LogP contribution < -0.4 is 0 Å². The van der Waals surface area contributed by atoms with E-state index in [1.165, 1.54) is 13.1 Å². The van der Waals surface area contributed by atoms with Crippen LogP contribution in [0.25, 0.3) is 11.0 Å². The number of carbonyl (C=O) groups is 1. The Morgan fingerprint density at radius 2 is 1.85 bits per heavy atom. The van der Waals surface area contributed by atoms with Crippen LogP contribution in [-0.4, -0.2) is 30.8 Å². The van der Waals surface area contributed by atoms with Crippen molar-refractivity contribution in [2.24, 2.45) is 0 Å². The number of furan rings is 1. The molecule has 1 heterocycles. The molecule has 0 radical (unpaired) electrons. The molecule has 0 bridgehead atoms. The maximum absolute atomic E-state index is 13.0. The number of nitrogens with zero attached hydrogens (tertiary/aromatic N) is 1. The molecule has 1 N–H and O–H groups in total. The fraction of sp³-hybridized carbons (Fsp3) is 0.118. The maximum atomic E-state index is 13.0. The summed E-state index contributed by atoms with van der Waals surface area (Å²) in [6, 6.07) is 11.4. The summed E-state index contributed by atoms with van der Waals surface area (Å²) in [5.74, 6) is -1.76. The minimum absolute atomic E-state index is 0.0428. The molecule has 0 saturated carbocycles. The van der Waals surface area contributed by atoms with Crippen LogP contribution in [0.2, 0.25) is 10.0 Å². The van der Waals surface area contributed by atoms with Crippen molar-refractivity contribution >= 4 is 50.2 Å². The van der Waals surface area contributed by atoms with Gasteiger partial charge in [-0.2, -0.15) is 4.31 Å². The molecule has 0 saturated heterocycles. The summed E-state index contributed by atoms with van der Waals surface area (Å²) in [5, 5.41) is 9.09. The molecule has 0 amide bonds. The molecule has 0 unspecified atom stereocenters. The van der Waals surface area contributed by atoms with E-state index in [-0.39, 0.29) is 32.5 Å². The van der Waals surface area contributed by atoms with Crippen molar-refractivity contribution in [3.63, 3.8) is 0 Å². The van der Waals surface area contributed by atoms with E-state index in [2.05, 4.69) is 0 Å². The normalized spacial score (nSPS) is 12.0. The Morgan fingerprint density at radius 3 is 2.46 bits per heavy atom. The molecular weight excluding hydrogens is 401 g/mol. The average molecular weight is 414 g/mol. The standard InChI is InChI=1S/C17H13Cl2NO5S/c1-20(9-10-5-3-2-4-6-10)26(23,24)14-8-12(18)15(19)16-11(14)7-13(25-16)17(21)22/h2-8H,9H2,1H3,(H,21,22). The molecule has 0 atom stereocenters. The summed E-state index contributed by atoms with van der Waals surface area (Å²) in [7, 11) is -2.55. The average Bonchev–Trinajstić information content (AvgIpc) is 3.04. The molecule has 0 aliphatic rings. The van der Waals surface area contributed by atoms with E-state index in [1.54, 1.807) is 12.1 Å². The summed E-state index contributed by atoms with van der Waals surface area (Å²) < 4.78 is 32.4. The summed E-state index contributed by atoms with van der Waals surface area (Å²) in [5.41, 5.74) is 0.719. The lowest BCUT2D eigenvalue weighted by Gasteiger charge is -2.18. The largest absolute Gasteiger partial charge is 0.475 e. The highest BCUT2D eigenvalue weighted by Gasteiger charge is 2.28. The van der Waals surface area contributed by atoms with Crippen molar-refractivity contribution < 1.29 is 22.7 Å². The van der Waals surface area contributed by atoms with Crippen LogP contribution in [0.15, 0.2) is 51.8 Å². The van der Waals surface area contributed by atoms with Crippen LogP contribution in [0.3, 0.4) is 0 Å². The predicted octanol–water partition coefficient (Wildman–Crippen LogP) is 4.26. The smallest absolute Gasteiger partial charge is 0.371 e. The highest BCUT2D eigenvalue weighted by Crippen LogP contribution is 2.38. The zero-order valence-electron chi connectivity index (χ0n) is 13.4. The topological polar surface area (TPSA) is 87.8 Å². The minimum atomic E-state index is -3.98. The third-order valence-corrected chi connectivity index (χ3v) is 6.42. The van der Waals surface area contributed by atoms with E-state index in [9.17, 15) is 13.2 Å². The van der Waals surface area contributed by atoms with Gasteiger partial charge in [0.2, 0.25) is 15.8 Å². The van der Waals surface area contributed by atoms with E-state index >= 15 is 0 Å². The van der Waals surface area contributed by atoms with Gasteiger partial charge in [-0.25, -0.2) is 13.2 Å². The number of rotatable bonds is 5. The molecule has 9 heteroatoms. The molecule has 0 spiro atoms. The zero-order valence-corrected chi connectivity index (χ0v) is 15.8. The zero-order chi connectivity index (χ0) is 19.1. The molecule has 2 aromatic carbocycles. The molecular formula is C17H13Cl2NO5S. The fourth-order valence-electron chi connectivity index (χ4n) is 2.51. The van der Waals surface area contributed by atoms with Gasteiger partial charge in [0, 0.05) is 25.0 Å². The maximum Gasteiger partial charge on any atom is 0.371 e. The summed E-state index contributed by atoms with van der Waals surface area (Å²) in [6.07, 6.45) is 0. The first-order valence-corrected chi connectivity index (χ1v) is 9.56. The Bertz CT molecular complexity index is 1090. The number of carboxylic acid groups (broad SMARTS) is 1. The molecule has 1 aromatic heterocycles. The van der Waals surface area contributed by atoms with E-state index in [4.69, 9.17) is 32.7 Å². The number of sulfonamides is 1. The predicted molar refractivity (Wildman–Crippen MR) is 98.3 cm³/mol. The third kappa shape index (κ3) is 3.31. The van der Waals surface area contributed by atoms with Gasteiger partial charge in [-0.3, -0.25) is 0 Å². The van der Waals surface area contributed by atoms with Crippen LogP contribution in [0.1, 0.15) is 16.1 Å². The second-order valence-electron chi connectivity index (χ2n) is 5.58. The van der Waals surface area contributed by atoms with Crippen LogP contribution in [0.4, 0.5) is 0 Å². The Morgan fingerprint density at radius 1 is 1.19 bits per heavy atom. The number of fused-ring (bicyclic) bond motifs is 1. The molecule has 0 fully saturated rings. The number of carboxylic acids is 1. The summed E-state index contributed by atoms with van der Waals surface area (Å²) >= 11 is 12.1. The Hall–Kier alpha value is -2.06. The second kappa shape index (κ2) is 6.92. The van der Waals surface area contributed by atoms with Crippen molar-refractivity contribution in [2.75, 3.05) is 7.05 Å². The number of benzene rings is 2. The van der Waals surface area contributed by atoms with Gasteiger partial charge in [0.25, 0.3) is 0 Å². The number of halogens is 2. The molecule has 3 aromatic rings. The highest BCUT2D eigenvalue weighted by molar-refractivity contribution is 7.89. The number of aromatic carboxylic acids is 1. The van der Waals surface area contributed by atoms with Gasteiger partial charge >= 0.3 is 5.97 Å². The third-order valence-electron chi connectivity index (χ3n) is 3.81. The Balaban J connectivity index is 2.13. The Kier molecular flexibility index (Phi) is 4.98. The monoisotopic (exact) mass is 413 g/mol. The van der Waals surface area contributed by atoms with Crippen molar-refractivity contribution in [3.05, 3.63) is 63.8 Å². The minimum Gasteiger partial charge on any atom is -0.475 e. The van der Waals surface area contributed by atoms with Crippen LogP contribution in [-0.2, 0) is 16.6 Å². The first kappa shape index (κ1) is 18.7. The van der Waals surface area contributed by atoms with Crippen LogP contribution in [0.5, 0.6) is 0 Å². The molecule has 26 heavy (non-hydrogen) atoms. The van der Waals surface area contributed by atoms with E-state index in [0.717, 1.165) is 15.9 Å². The van der Waals surface area contributed by atoms with Crippen molar-refractivity contribution in [1.29, 1.82) is 0 Å². The molecule has 0 aliphatic heterocycles. The molecule has 3 rings (SSSR count). The molecule has 0 aliphatic carbocycles. The van der Waals surface area contributed by atoms with Crippen molar-refractivity contribution in [2.45, 2.75) is 11.4 Å². The Labute approximate surface area is 159 Å². The van der Waals surface area contributed by atoms with E-state index in [0.29, 0.717) is 0 Å². The lowest BCUT2D eigenvalue weighted by Crippen LogP contribution is -2.26.